The van der Waals surface area contributed by atoms with Gasteiger partial charge in [0.15, 0.2) is 9.84 Å². The van der Waals surface area contributed by atoms with Crippen LogP contribution in [-0.2, 0) is 16.3 Å². The zero-order valence-electron chi connectivity index (χ0n) is 24.7. The third-order valence-corrected chi connectivity index (χ3v) is 9.72. The van der Waals surface area contributed by atoms with Gasteiger partial charge in [-0.3, -0.25) is 0 Å². The Kier molecular flexibility index (Phi) is 13.2. The second-order valence-electron chi connectivity index (χ2n) is 11.3. The number of hydrogen-bond donors (Lipinski definition) is 2. The Labute approximate surface area is 255 Å². The van der Waals surface area contributed by atoms with Crippen molar-refractivity contribution in [3.63, 3.8) is 0 Å². The number of allylic oxidation sites excluding steroid dienone is 2. The van der Waals surface area contributed by atoms with Gasteiger partial charge in [-0.25, -0.2) is 12.8 Å². The number of rotatable bonds is 17. The number of fused-ring (bicyclic) bond motifs is 1. The van der Waals surface area contributed by atoms with Crippen LogP contribution in [0.1, 0.15) is 74.5 Å². The molecule has 0 bridgehead atoms. The van der Waals surface area contributed by atoms with Crippen LogP contribution in [0.15, 0.2) is 42.5 Å². The Morgan fingerprint density at radius 3 is 2.18 bits per heavy atom. The van der Waals surface area contributed by atoms with E-state index in [1.165, 1.54) is 23.3 Å². The van der Waals surface area contributed by atoms with Gasteiger partial charge in [-0.05, 0) is 110 Å². The number of aliphatic hydroxyl groups is 1. The highest BCUT2D eigenvalue weighted by atomic mass is 32.2. The molecule has 2 aromatic rings. The lowest BCUT2D eigenvalue weighted by atomic mass is 9.89. The number of aryl methyl sites for hydroxylation is 1. The predicted octanol–water partition coefficient (Wildman–Crippen LogP) is 7.42. The molecule has 1 aliphatic carbocycles. The van der Waals surface area contributed by atoms with E-state index in [4.69, 9.17) is 0 Å². The summed E-state index contributed by atoms with van der Waals surface area (Å²) < 4.78 is 101. The van der Waals surface area contributed by atoms with Crippen molar-refractivity contribution in [2.75, 3.05) is 37.7 Å². The predicted molar refractivity (Wildman–Crippen MR) is 160 cm³/mol. The van der Waals surface area contributed by atoms with Crippen molar-refractivity contribution < 1.29 is 45.0 Å². The molecule has 0 heterocycles. The van der Waals surface area contributed by atoms with Gasteiger partial charge in [0.05, 0.1) is 18.1 Å². The topological polar surface area (TPSA) is 77.8 Å². The number of aromatic hydroxyl groups is 1. The Balaban J connectivity index is 1.50. The number of hydrogen-bond acceptors (Lipinski definition) is 5. The largest absolute Gasteiger partial charge is 0.508 e. The Morgan fingerprint density at radius 1 is 0.818 bits per heavy atom. The monoisotopic (exact) mass is 649 g/mol. The number of nitrogens with zero attached hydrogens (tertiary/aromatic N) is 1. The molecule has 0 atom stereocenters. The minimum atomic E-state index is -5.79. The number of phenols is 1. The van der Waals surface area contributed by atoms with Gasteiger partial charge in [0, 0.05) is 13.0 Å². The maximum atomic E-state index is 13.6. The highest BCUT2D eigenvalue weighted by Gasteiger charge is 2.57. The van der Waals surface area contributed by atoms with Crippen LogP contribution in [0.3, 0.4) is 0 Å². The summed E-state index contributed by atoms with van der Waals surface area (Å²) in [6, 6.07) is 12.0. The fourth-order valence-corrected chi connectivity index (χ4v) is 6.95. The lowest BCUT2D eigenvalue weighted by Gasteiger charge is -2.22. The molecule has 0 fully saturated rings. The van der Waals surface area contributed by atoms with Crippen molar-refractivity contribution >= 4 is 21.0 Å². The number of alkyl halides is 5. The molecule has 0 aromatic heterocycles. The fraction of sp³-hybridized carbons (Fsp3) is 0.562. The first-order chi connectivity index (χ1) is 20.7. The average molecular weight is 650 g/mol. The average Bonchev–Trinajstić information content (AvgIpc) is 3.12. The van der Waals surface area contributed by atoms with Crippen molar-refractivity contribution in [1.82, 2.24) is 4.90 Å². The molecular weight excluding hydrogens is 608 g/mol. The molecule has 0 amide bonds. The van der Waals surface area contributed by atoms with Gasteiger partial charge in [0.25, 0.3) is 0 Å². The molecule has 0 unspecified atom stereocenters. The lowest BCUT2D eigenvalue weighted by molar-refractivity contribution is -0.282. The van der Waals surface area contributed by atoms with Crippen LogP contribution in [0.25, 0.3) is 11.1 Å². The van der Waals surface area contributed by atoms with E-state index in [1.807, 2.05) is 17.0 Å². The fourth-order valence-electron chi connectivity index (χ4n) is 5.61. The quantitative estimate of drug-likeness (QED) is 0.138. The van der Waals surface area contributed by atoms with Crippen LogP contribution in [-0.4, -0.2) is 73.4 Å². The van der Waals surface area contributed by atoms with Crippen molar-refractivity contribution in [3.05, 3.63) is 65.0 Å². The van der Waals surface area contributed by atoms with Gasteiger partial charge in [0.2, 0.25) is 0 Å². The Morgan fingerprint density at radius 2 is 1.50 bits per heavy atom. The molecular formula is C32H41F6NO4S. The number of sulfone groups is 1. The Hall–Kier alpha value is -2.57. The maximum absolute atomic E-state index is 13.6. The summed E-state index contributed by atoms with van der Waals surface area (Å²) in [5, 5.41) is 19.4. The van der Waals surface area contributed by atoms with E-state index in [2.05, 4.69) is 0 Å². The second-order valence-corrected chi connectivity index (χ2v) is 13.6. The molecule has 3 rings (SSSR count). The number of unbranched alkanes of at least 4 members (excludes halogenated alkanes) is 3. The van der Waals surface area contributed by atoms with Gasteiger partial charge in [-0.2, -0.15) is 22.0 Å². The molecule has 44 heavy (non-hydrogen) atoms. The molecule has 0 radical (unpaired) electrons. The van der Waals surface area contributed by atoms with Gasteiger partial charge in [0.1, 0.15) is 11.6 Å². The van der Waals surface area contributed by atoms with Crippen LogP contribution in [0.2, 0.25) is 0 Å². The Bertz CT molecular complexity index is 1340. The van der Waals surface area contributed by atoms with Crippen LogP contribution >= 0.6 is 0 Å². The van der Waals surface area contributed by atoms with E-state index in [-0.39, 0.29) is 31.1 Å². The van der Waals surface area contributed by atoms with E-state index in [1.54, 1.807) is 18.2 Å². The van der Waals surface area contributed by atoms with E-state index in [0.29, 0.717) is 13.1 Å². The van der Waals surface area contributed by atoms with Crippen molar-refractivity contribution in [2.24, 2.45) is 0 Å². The van der Waals surface area contributed by atoms with E-state index >= 15 is 0 Å². The number of benzene rings is 2. The lowest BCUT2D eigenvalue weighted by Crippen LogP contribution is -2.38. The zero-order chi connectivity index (χ0) is 32.4. The summed E-state index contributed by atoms with van der Waals surface area (Å²) in [4.78, 5) is 1.86. The first-order valence-corrected chi connectivity index (χ1v) is 16.8. The molecule has 246 valence electrons. The molecule has 0 saturated carbocycles. The van der Waals surface area contributed by atoms with Gasteiger partial charge < -0.3 is 15.1 Å². The van der Waals surface area contributed by atoms with Gasteiger partial charge in [-0.1, -0.05) is 31.0 Å². The van der Waals surface area contributed by atoms with Crippen molar-refractivity contribution in [2.45, 2.75) is 76.3 Å². The number of halogens is 6. The standard InChI is InChI=1S/C32H41F6NO4S/c33-26-12-10-24(11-13-26)28-9-5-7-25-23-27(41)14-15-29(25)30(28)8-3-1-2-4-17-39(19-20-40)18-6-21-44(42,43)22-16-31(34,35)32(36,37)38/h10-15,23,40-41H,1-9,16-22H2. The first kappa shape index (κ1) is 35.9. The highest BCUT2D eigenvalue weighted by molar-refractivity contribution is 7.91. The van der Waals surface area contributed by atoms with Crippen LogP contribution < -0.4 is 0 Å². The smallest absolute Gasteiger partial charge is 0.453 e. The normalized spacial score (nSPS) is 14.6. The summed E-state index contributed by atoms with van der Waals surface area (Å²) in [5.41, 5.74) is 5.55. The summed E-state index contributed by atoms with van der Waals surface area (Å²) in [7, 11) is -4.09. The summed E-state index contributed by atoms with van der Waals surface area (Å²) in [5.74, 6) is -6.87. The summed E-state index contributed by atoms with van der Waals surface area (Å²) in [6.07, 6.45) is -0.689. The molecule has 2 aromatic carbocycles. The van der Waals surface area contributed by atoms with E-state index < -0.39 is 39.9 Å². The zero-order valence-corrected chi connectivity index (χ0v) is 25.5. The molecule has 0 aliphatic heterocycles. The minimum Gasteiger partial charge on any atom is -0.508 e. The van der Waals surface area contributed by atoms with Crippen LogP contribution in [0, 0.1) is 5.82 Å². The molecule has 1 aliphatic rings. The SMILES string of the molecule is O=S(=O)(CCCN(CCO)CCCCCCC1=C(c2ccc(F)cc2)CCCc2cc(O)ccc21)CCC(F)(F)C(F)(F)F. The van der Waals surface area contributed by atoms with Gasteiger partial charge in [-0.15, -0.1) is 0 Å². The third-order valence-electron chi connectivity index (χ3n) is 7.98. The number of aliphatic hydroxyl groups excluding tert-OH is 1. The van der Waals surface area contributed by atoms with Crippen molar-refractivity contribution in [3.8, 4) is 5.75 Å². The van der Waals surface area contributed by atoms with Crippen LogP contribution in [0.5, 0.6) is 5.75 Å². The molecule has 12 heteroatoms. The van der Waals surface area contributed by atoms with Crippen LogP contribution in [0.4, 0.5) is 26.3 Å². The van der Waals surface area contributed by atoms with Gasteiger partial charge >= 0.3 is 12.1 Å². The first-order valence-electron chi connectivity index (χ1n) is 15.0. The second kappa shape index (κ2) is 16.1. The molecule has 5 nitrogen and oxygen atoms in total. The highest BCUT2D eigenvalue weighted by Crippen LogP contribution is 2.40. The van der Waals surface area contributed by atoms with Crippen molar-refractivity contribution in [1.29, 1.82) is 0 Å². The van der Waals surface area contributed by atoms with E-state index in [9.17, 15) is 45.0 Å². The third kappa shape index (κ3) is 10.8. The van der Waals surface area contributed by atoms with E-state index in [0.717, 1.165) is 68.1 Å². The summed E-state index contributed by atoms with van der Waals surface area (Å²) >= 11 is 0. The molecule has 0 spiro atoms. The molecule has 2 N–H and O–H groups in total. The summed E-state index contributed by atoms with van der Waals surface area (Å²) in [6.45, 7) is 0.995. The molecule has 0 saturated heterocycles. The number of phenolic OH excluding ortho intramolecular Hbond substituents is 1. The minimum absolute atomic E-state index is 0.0647. The maximum Gasteiger partial charge on any atom is 0.453 e.